The predicted molar refractivity (Wildman–Crippen MR) is 82.7 cm³/mol. The molecule has 0 spiro atoms. The highest BCUT2D eigenvalue weighted by Crippen LogP contribution is 2.39. The third-order valence-electron chi connectivity index (χ3n) is 3.37. The van der Waals surface area contributed by atoms with Gasteiger partial charge in [-0.1, -0.05) is 0 Å². The molecule has 12 heteroatoms. The van der Waals surface area contributed by atoms with Gasteiger partial charge in [0.25, 0.3) is 6.43 Å². The summed E-state index contributed by atoms with van der Waals surface area (Å²) in [6.45, 7) is 0. The highest BCUT2D eigenvalue weighted by Gasteiger charge is 2.36. The van der Waals surface area contributed by atoms with Crippen molar-refractivity contribution in [3.05, 3.63) is 52.8 Å². The number of carboxylic acid groups (broad SMARTS) is 1. The average Bonchev–Trinajstić information content (AvgIpc) is 2.59. The smallest absolute Gasteiger partial charge is 0.341 e. The minimum Gasteiger partial charge on any atom is -0.478 e. The van der Waals surface area contributed by atoms with E-state index in [4.69, 9.17) is 15.1 Å². The quantitative estimate of drug-likeness (QED) is 0.704. The van der Waals surface area contributed by atoms with Crippen molar-refractivity contribution in [1.82, 2.24) is 0 Å². The van der Waals surface area contributed by atoms with Gasteiger partial charge in [0.1, 0.15) is 17.3 Å². The average molecular weight is 421 g/mol. The second-order valence-corrected chi connectivity index (χ2v) is 7.04. The minimum atomic E-state index is -5.52. The minimum absolute atomic E-state index is 0.246. The maximum absolute atomic E-state index is 13.5. The third-order valence-corrected chi connectivity index (χ3v) is 4.79. The molecule has 0 fully saturated rings. The van der Waals surface area contributed by atoms with Crippen molar-refractivity contribution in [1.29, 1.82) is 5.26 Å². The molecule has 6 nitrogen and oxygen atoms in total. The number of sulfone groups is 1. The van der Waals surface area contributed by atoms with Crippen molar-refractivity contribution < 1.29 is 45.0 Å². The van der Waals surface area contributed by atoms with Gasteiger partial charge in [-0.25, -0.2) is 26.4 Å². The van der Waals surface area contributed by atoms with E-state index < -0.39 is 61.3 Å². The van der Waals surface area contributed by atoms with Crippen molar-refractivity contribution in [2.45, 2.75) is 17.1 Å². The number of carbonyl (C=O) groups is 1. The zero-order valence-electron chi connectivity index (χ0n) is 13.4. The lowest BCUT2D eigenvalue weighted by Gasteiger charge is -2.16. The Morgan fingerprint density at radius 2 is 1.79 bits per heavy atom. The fourth-order valence-electron chi connectivity index (χ4n) is 2.25. The van der Waals surface area contributed by atoms with Gasteiger partial charge >= 0.3 is 11.7 Å². The van der Waals surface area contributed by atoms with Crippen LogP contribution in [0.1, 0.15) is 27.9 Å². The molecule has 1 N–H and O–H groups in total. The number of aromatic carboxylic acids is 1. The number of hydrogen-bond donors (Lipinski definition) is 1. The SMILES string of the molecule is N#Cc1cc(F)cc(Oc2ccc(S(=O)(=O)C(F)F)c(C(=O)O)c2C(F)F)c1. The third kappa shape index (κ3) is 4.04. The van der Waals surface area contributed by atoms with Gasteiger partial charge in [-0.3, -0.25) is 0 Å². The van der Waals surface area contributed by atoms with E-state index in [0.717, 1.165) is 12.1 Å². The van der Waals surface area contributed by atoms with Gasteiger partial charge < -0.3 is 9.84 Å². The molecule has 0 atom stereocenters. The van der Waals surface area contributed by atoms with Gasteiger partial charge in [0.2, 0.25) is 9.84 Å². The maximum Gasteiger partial charge on any atom is 0.341 e. The van der Waals surface area contributed by atoms with E-state index in [0.29, 0.717) is 18.2 Å². The Kier molecular flexibility index (Phi) is 5.89. The normalized spacial score (nSPS) is 11.5. The number of nitriles is 1. The standard InChI is InChI=1S/C16H8F5NO5S/c17-8-3-7(6-22)4-9(5-8)27-10-1-2-11(28(25,26)16(20)21)13(15(23)24)12(10)14(18)19/h1-5,14,16H,(H,23,24). The van der Waals surface area contributed by atoms with E-state index in [-0.39, 0.29) is 5.56 Å². The number of benzene rings is 2. The molecule has 0 aromatic heterocycles. The zero-order chi connectivity index (χ0) is 21.2. The van der Waals surface area contributed by atoms with Crippen molar-refractivity contribution in [2.24, 2.45) is 0 Å². The summed E-state index contributed by atoms with van der Waals surface area (Å²) in [5.74, 6) is -8.61. The molecule has 2 rings (SSSR count). The number of nitrogens with zero attached hydrogens (tertiary/aromatic N) is 1. The molecule has 0 radical (unpaired) electrons. The van der Waals surface area contributed by atoms with Crippen molar-refractivity contribution in [2.75, 3.05) is 0 Å². The second-order valence-electron chi connectivity index (χ2n) is 5.15. The van der Waals surface area contributed by atoms with Gasteiger partial charge in [0.15, 0.2) is 0 Å². The Hall–Kier alpha value is -3.20. The first-order valence-corrected chi connectivity index (χ1v) is 8.62. The summed E-state index contributed by atoms with van der Waals surface area (Å²) < 4.78 is 94.3. The van der Waals surface area contributed by atoms with Crippen LogP contribution in [0.5, 0.6) is 11.5 Å². The molecule has 0 bridgehead atoms. The number of hydrogen-bond acceptors (Lipinski definition) is 5. The van der Waals surface area contributed by atoms with Gasteiger partial charge in [-0.15, -0.1) is 0 Å². The van der Waals surface area contributed by atoms with Gasteiger partial charge in [-0.2, -0.15) is 14.0 Å². The van der Waals surface area contributed by atoms with Gasteiger partial charge in [0.05, 0.1) is 27.7 Å². The zero-order valence-corrected chi connectivity index (χ0v) is 14.2. The first kappa shape index (κ1) is 21.1. The van der Waals surface area contributed by atoms with Crippen molar-refractivity contribution in [3.8, 4) is 17.6 Å². The molecule has 0 aliphatic heterocycles. The molecular weight excluding hydrogens is 413 g/mol. The van der Waals surface area contributed by atoms with Crippen LogP contribution in [0.2, 0.25) is 0 Å². The molecule has 0 aliphatic rings. The van der Waals surface area contributed by atoms with E-state index in [2.05, 4.69) is 0 Å². The van der Waals surface area contributed by atoms with E-state index in [1.807, 2.05) is 0 Å². The Morgan fingerprint density at radius 1 is 1.14 bits per heavy atom. The summed E-state index contributed by atoms with van der Waals surface area (Å²) in [7, 11) is -5.52. The van der Waals surface area contributed by atoms with Gasteiger partial charge in [0, 0.05) is 6.07 Å². The number of halogens is 5. The van der Waals surface area contributed by atoms with Crippen LogP contribution in [0.15, 0.2) is 35.2 Å². The lowest BCUT2D eigenvalue weighted by molar-refractivity contribution is 0.0678. The lowest BCUT2D eigenvalue weighted by Crippen LogP contribution is -2.18. The van der Waals surface area contributed by atoms with Crippen molar-refractivity contribution >= 4 is 15.8 Å². The van der Waals surface area contributed by atoms with Crippen LogP contribution in [0.25, 0.3) is 0 Å². The lowest BCUT2D eigenvalue weighted by atomic mass is 10.1. The highest BCUT2D eigenvalue weighted by molar-refractivity contribution is 7.91. The van der Waals surface area contributed by atoms with Crippen LogP contribution in [-0.4, -0.2) is 25.3 Å². The van der Waals surface area contributed by atoms with Crippen LogP contribution < -0.4 is 4.74 Å². The van der Waals surface area contributed by atoms with E-state index >= 15 is 0 Å². The first-order chi connectivity index (χ1) is 13.0. The monoisotopic (exact) mass is 421 g/mol. The number of ether oxygens (including phenoxy) is 1. The Labute approximate surface area is 154 Å². The van der Waals surface area contributed by atoms with E-state index in [1.165, 1.54) is 0 Å². The fourth-order valence-corrected chi connectivity index (χ4v) is 3.18. The van der Waals surface area contributed by atoms with Crippen LogP contribution in [-0.2, 0) is 9.84 Å². The summed E-state index contributed by atoms with van der Waals surface area (Å²) in [6, 6.07) is 4.94. The molecule has 0 heterocycles. The Bertz CT molecular complexity index is 1080. The largest absolute Gasteiger partial charge is 0.478 e. The molecule has 2 aromatic carbocycles. The number of carboxylic acids is 1. The summed E-state index contributed by atoms with van der Waals surface area (Å²) in [4.78, 5) is 9.86. The predicted octanol–water partition coefficient (Wildman–Crippen LogP) is 4.12. The maximum atomic E-state index is 13.5. The number of alkyl halides is 4. The Morgan fingerprint density at radius 3 is 2.29 bits per heavy atom. The molecule has 28 heavy (non-hydrogen) atoms. The fraction of sp³-hybridized carbons (Fsp3) is 0.125. The molecule has 0 aliphatic carbocycles. The first-order valence-electron chi connectivity index (χ1n) is 7.08. The van der Waals surface area contributed by atoms with Gasteiger partial charge in [-0.05, 0) is 24.3 Å². The molecule has 0 unspecified atom stereocenters. The highest BCUT2D eigenvalue weighted by atomic mass is 32.2. The summed E-state index contributed by atoms with van der Waals surface area (Å²) in [6.07, 6.45) is -3.64. The molecule has 0 amide bonds. The van der Waals surface area contributed by atoms with Crippen LogP contribution in [0, 0.1) is 17.1 Å². The molecular formula is C16H8F5NO5S. The van der Waals surface area contributed by atoms with E-state index in [9.17, 15) is 35.2 Å². The van der Waals surface area contributed by atoms with Crippen LogP contribution in [0.4, 0.5) is 22.0 Å². The van der Waals surface area contributed by atoms with Crippen LogP contribution in [0.3, 0.4) is 0 Å². The van der Waals surface area contributed by atoms with Crippen molar-refractivity contribution in [3.63, 3.8) is 0 Å². The number of rotatable bonds is 6. The molecule has 2 aromatic rings. The molecule has 148 valence electrons. The summed E-state index contributed by atoms with van der Waals surface area (Å²) in [5, 5.41) is 17.9. The Balaban J connectivity index is 2.74. The molecule has 0 saturated carbocycles. The summed E-state index contributed by atoms with van der Waals surface area (Å²) in [5.41, 5.74) is -3.33. The molecule has 0 saturated heterocycles. The topological polar surface area (TPSA) is 104 Å². The van der Waals surface area contributed by atoms with E-state index in [1.54, 1.807) is 6.07 Å². The second kappa shape index (κ2) is 7.81. The summed E-state index contributed by atoms with van der Waals surface area (Å²) >= 11 is 0. The van der Waals surface area contributed by atoms with Crippen LogP contribution >= 0.6 is 0 Å².